The quantitative estimate of drug-likeness (QED) is 0.254. The molecule has 0 fully saturated rings. The topological polar surface area (TPSA) is 18.5 Å². The third-order valence-electron chi connectivity index (χ3n) is 7.17. The molecule has 0 aliphatic heterocycles. The Morgan fingerprint density at radius 2 is 1.09 bits per heavy atom. The van der Waals surface area contributed by atoms with Crippen molar-refractivity contribution in [3.05, 3.63) is 58.7 Å². The zero-order valence-electron chi connectivity index (χ0n) is 21.1. The van der Waals surface area contributed by atoms with Crippen LogP contribution in [-0.2, 0) is 10.6 Å². The number of hydrogen-bond donors (Lipinski definition) is 0. The fraction of sp³-hybridized carbons (Fsp3) is 0.571. The van der Waals surface area contributed by atoms with E-state index < -0.39 is 5.21 Å². The molecule has 0 N–H and O–H groups in total. The minimum atomic E-state index is -0.790. The van der Waals surface area contributed by atoms with Crippen molar-refractivity contribution in [2.24, 2.45) is 0 Å². The average molecular weight is 430 g/mol. The fourth-order valence-electron chi connectivity index (χ4n) is 4.38. The first-order valence-corrected chi connectivity index (χ1v) is 12.3. The van der Waals surface area contributed by atoms with Gasteiger partial charge in [-0.2, -0.15) is 0 Å². The third-order valence-corrected chi connectivity index (χ3v) is 7.17. The predicted molar refractivity (Wildman–Crippen MR) is 139 cm³/mol. The van der Waals surface area contributed by atoms with Crippen molar-refractivity contribution in [2.45, 2.75) is 90.7 Å². The third kappa shape index (κ3) is 6.36. The van der Waals surface area contributed by atoms with Gasteiger partial charge in [0.05, 0.1) is 28.9 Å². The zero-order chi connectivity index (χ0) is 23.8. The maximum Gasteiger partial charge on any atom is 0.122 e. The molecule has 0 amide bonds. The molecular weight excluding hydrogens is 390 g/mol. The molecule has 0 aromatic heterocycles. The van der Waals surface area contributed by atoms with Crippen molar-refractivity contribution < 1.29 is 9.47 Å². The van der Waals surface area contributed by atoms with Crippen LogP contribution in [0.25, 0.3) is 0 Å². The molecule has 4 heteroatoms. The lowest BCUT2D eigenvalue weighted by atomic mass is 9.50. The second kappa shape index (κ2) is 11.9. The molecule has 0 atom stereocenters. The van der Waals surface area contributed by atoms with E-state index in [9.17, 15) is 0 Å². The summed E-state index contributed by atoms with van der Waals surface area (Å²) in [5, 5.41) is -0.790. The first-order valence-electron chi connectivity index (χ1n) is 12.3. The van der Waals surface area contributed by atoms with Gasteiger partial charge in [0, 0.05) is 0 Å². The highest BCUT2D eigenvalue weighted by Crippen LogP contribution is 2.37. The molecule has 32 heavy (non-hydrogen) atoms. The van der Waals surface area contributed by atoms with Crippen LogP contribution < -0.4 is 9.47 Å². The maximum atomic E-state index is 6.14. The second-order valence-corrected chi connectivity index (χ2v) is 9.10. The fourth-order valence-corrected chi connectivity index (χ4v) is 4.38. The molecular formula is C28H40B2O2. The molecule has 0 saturated carbocycles. The molecule has 170 valence electrons. The number of benzene rings is 2. The first-order chi connectivity index (χ1) is 15.2. The molecule has 0 aliphatic carbocycles. The molecule has 2 nitrogen and oxygen atoms in total. The predicted octanol–water partition coefficient (Wildman–Crippen LogP) is 6.91. The van der Waals surface area contributed by atoms with E-state index in [2.05, 4.69) is 45.9 Å². The van der Waals surface area contributed by atoms with E-state index in [1.807, 2.05) is 32.0 Å². The summed E-state index contributed by atoms with van der Waals surface area (Å²) in [6.07, 6.45) is 6.08. The molecule has 0 aliphatic rings. The standard InChI is InChI=1S/C28H40B2O2/c1-7-27(8-2,9-3)23-13-15-25(21(5)19-23)31-17-11-12-18-32-26-16-14-24(20-22(26)6)28(29,30)10-4/h13-16,19-20H,7-12,17-18H2,1-6H3. The van der Waals surface area contributed by atoms with Crippen molar-refractivity contribution in [2.75, 3.05) is 13.2 Å². The highest BCUT2D eigenvalue weighted by molar-refractivity contribution is 6.40. The molecule has 0 unspecified atom stereocenters. The molecule has 0 saturated heterocycles. The van der Waals surface area contributed by atoms with Crippen LogP contribution >= 0.6 is 0 Å². The van der Waals surface area contributed by atoms with Crippen LogP contribution in [0.1, 0.15) is 88.5 Å². The van der Waals surface area contributed by atoms with Crippen LogP contribution in [0.15, 0.2) is 36.4 Å². The molecule has 4 radical (unpaired) electrons. The van der Waals surface area contributed by atoms with E-state index in [1.165, 1.54) is 30.4 Å². The van der Waals surface area contributed by atoms with Gasteiger partial charge >= 0.3 is 0 Å². The van der Waals surface area contributed by atoms with Crippen molar-refractivity contribution in [3.63, 3.8) is 0 Å². The maximum absolute atomic E-state index is 6.14. The van der Waals surface area contributed by atoms with Gasteiger partial charge in [-0.05, 0) is 80.2 Å². The Labute approximate surface area is 199 Å². The molecule has 2 aromatic carbocycles. The smallest absolute Gasteiger partial charge is 0.122 e. The van der Waals surface area contributed by atoms with Crippen LogP contribution in [-0.4, -0.2) is 28.9 Å². The van der Waals surface area contributed by atoms with Gasteiger partial charge < -0.3 is 9.47 Å². The van der Waals surface area contributed by atoms with Crippen molar-refractivity contribution >= 4 is 15.7 Å². The Balaban J connectivity index is 1.81. The second-order valence-electron chi connectivity index (χ2n) is 9.10. The van der Waals surface area contributed by atoms with Crippen LogP contribution in [0.4, 0.5) is 0 Å². The Hall–Kier alpha value is -1.83. The summed E-state index contributed by atoms with van der Waals surface area (Å²) in [6.45, 7) is 14.4. The molecule has 0 bridgehead atoms. The van der Waals surface area contributed by atoms with Crippen LogP contribution in [0.2, 0.25) is 0 Å². The first kappa shape index (κ1) is 26.4. The molecule has 2 aromatic rings. The summed E-state index contributed by atoms with van der Waals surface area (Å²) in [5.74, 6) is 1.88. The van der Waals surface area contributed by atoms with Gasteiger partial charge in [-0.3, -0.25) is 0 Å². The molecule has 0 heterocycles. The number of unbranched alkanes of at least 4 members (excludes halogenated alkanes) is 1. The highest BCUT2D eigenvalue weighted by Gasteiger charge is 2.26. The van der Waals surface area contributed by atoms with E-state index >= 15 is 0 Å². The SMILES string of the molecule is [B]C([B])(CC)c1ccc(OCCCCOc2ccc(C(CC)(CC)CC)cc2C)c(C)c1. The summed E-state index contributed by atoms with van der Waals surface area (Å²) < 4.78 is 12.0. The van der Waals surface area contributed by atoms with Gasteiger partial charge in [0.25, 0.3) is 0 Å². The largest absolute Gasteiger partial charge is 0.493 e. The van der Waals surface area contributed by atoms with E-state index in [0.717, 1.165) is 35.5 Å². The van der Waals surface area contributed by atoms with E-state index in [0.29, 0.717) is 19.6 Å². The highest BCUT2D eigenvalue weighted by atomic mass is 16.5. The zero-order valence-corrected chi connectivity index (χ0v) is 21.1. The number of aryl methyl sites for hydroxylation is 2. The van der Waals surface area contributed by atoms with E-state index in [-0.39, 0.29) is 5.41 Å². The van der Waals surface area contributed by atoms with Gasteiger partial charge in [0.1, 0.15) is 11.5 Å². The summed E-state index contributed by atoms with van der Waals surface area (Å²) in [4.78, 5) is 0. The molecule has 2 rings (SSSR count). The lowest BCUT2D eigenvalue weighted by Gasteiger charge is -2.31. The van der Waals surface area contributed by atoms with Gasteiger partial charge in [0.15, 0.2) is 0 Å². The van der Waals surface area contributed by atoms with E-state index in [4.69, 9.17) is 25.2 Å². The lowest BCUT2D eigenvalue weighted by molar-refractivity contribution is 0.264. The normalized spacial score (nSPS) is 12.1. The Kier molecular flexibility index (Phi) is 9.80. The number of hydrogen-bond acceptors (Lipinski definition) is 2. The molecule has 0 spiro atoms. The number of ether oxygens (including phenoxy) is 2. The van der Waals surface area contributed by atoms with Gasteiger partial charge in [0.2, 0.25) is 0 Å². The van der Waals surface area contributed by atoms with Crippen molar-refractivity contribution in [3.8, 4) is 11.5 Å². The van der Waals surface area contributed by atoms with Crippen molar-refractivity contribution in [1.29, 1.82) is 0 Å². The van der Waals surface area contributed by atoms with E-state index in [1.54, 1.807) is 0 Å². The Morgan fingerprint density at radius 1 is 0.656 bits per heavy atom. The minimum Gasteiger partial charge on any atom is -0.493 e. The van der Waals surface area contributed by atoms with Crippen LogP contribution in [0.5, 0.6) is 11.5 Å². The Bertz CT molecular complexity index is 848. The van der Waals surface area contributed by atoms with Crippen LogP contribution in [0, 0.1) is 13.8 Å². The average Bonchev–Trinajstić information content (AvgIpc) is 2.79. The number of rotatable bonds is 13. The summed E-state index contributed by atoms with van der Waals surface area (Å²) in [7, 11) is 12.3. The Morgan fingerprint density at radius 3 is 1.50 bits per heavy atom. The summed E-state index contributed by atoms with van der Waals surface area (Å²) in [6, 6.07) is 12.7. The van der Waals surface area contributed by atoms with Gasteiger partial charge in [-0.1, -0.05) is 69.2 Å². The summed E-state index contributed by atoms with van der Waals surface area (Å²) in [5.41, 5.74) is 4.94. The monoisotopic (exact) mass is 430 g/mol. The summed E-state index contributed by atoms with van der Waals surface area (Å²) >= 11 is 0. The van der Waals surface area contributed by atoms with Crippen LogP contribution in [0.3, 0.4) is 0 Å². The van der Waals surface area contributed by atoms with Gasteiger partial charge in [-0.15, -0.1) is 0 Å². The lowest BCUT2D eigenvalue weighted by Crippen LogP contribution is -2.25. The van der Waals surface area contributed by atoms with Crippen molar-refractivity contribution in [1.82, 2.24) is 0 Å². The minimum absolute atomic E-state index is 0.281. The van der Waals surface area contributed by atoms with Gasteiger partial charge in [-0.25, -0.2) is 0 Å².